The fraction of sp³-hybridized carbons (Fsp3) is 0.208. The Hall–Kier alpha value is -4.11. The maximum atomic E-state index is 5.71. The average Bonchev–Trinajstić information content (AvgIpc) is 3.34. The predicted octanol–water partition coefficient (Wildman–Crippen LogP) is 3.69. The van der Waals surface area contributed by atoms with Crippen LogP contribution in [-0.2, 0) is 4.74 Å². The van der Waals surface area contributed by atoms with Crippen molar-refractivity contribution in [2.45, 2.75) is 0 Å². The fourth-order valence-electron chi connectivity index (χ4n) is 4.04. The highest BCUT2D eigenvalue weighted by Crippen LogP contribution is 2.34. The van der Waals surface area contributed by atoms with Gasteiger partial charge < -0.3 is 29.4 Å². The van der Waals surface area contributed by atoms with E-state index in [1.165, 1.54) is 0 Å². The van der Waals surface area contributed by atoms with Crippen LogP contribution >= 0.6 is 0 Å². The number of nitrogens with one attached hydrogen (secondary N) is 2. The number of aromatic nitrogens is 4. The second-order valence-corrected chi connectivity index (χ2v) is 7.99. The van der Waals surface area contributed by atoms with Crippen LogP contribution in [-0.4, -0.2) is 52.3 Å². The molecule has 0 amide bonds. The quantitative estimate of drug-likeness (QED) is 0.496. The highest BCUT2D eigenvalue weighted by atomic mass is 16.5. The summed E-state index contributed by atoms with van der Waals surface area (Å²) < 4.78 is 13.1. The van der Waals surface area contributed by atoms with Crippen LogP contribution in [0.15, 0.2) is 67.4 Å². The summed E-state index contributed by atoms with van der Waals surface area (Å²) in [6.07, 6.45) is 7.46. The van der Waals surface area contributed by atoms with E-state index >= 15 is 0 Å². The molecular formula is C24H23N7O2. The second kappa shape index (κ2) is 8.10. The summed E-state index contributed by atoms with van der Waals surface area (Å²) in [7, 11) is 0. The number of hydrogen-bond acceptors (Lipinski definition) is 8. The lowest BCUT2D eigenvalue weighted by Gasteiger charge is -2.27. The van der Waals surface area contributed by atoms with E-state index in [-0.39, 0.29) is 0 Å². The number of fused-ring (bicyclic) bond motifs is 2. The Labute approximate surface area is 190 Å². The summed E-state index contributed by atoms with van der Waals surface area (Å²) >= 11 is 0. The number of rotatable bonds is 4. The third-order valence-corrected chi connectivity index (χ3v) is 5.71. The number of hydrogen-bond donors (Lipinski definition) is 2. The van der Waals surface area contributed by atoms with Crippen molar-refractivity contribution in [1.29, 1.82) is 0 Å². The van der Waals surface area contributed by atoms with Crippen LogP contribution in [0.5, 0.6) is 5.75 Å². The molecule has 33 heavy (non-hydrogen) atoms. The normalized spacial score (nSPS) is 15.6. The molecule has 9 nitrogen and oxygen atoms in total. The molecule has 2 N–H and O–H groups in total. The Kier molecular flexibility index (Phi) is 4.80. The Morgan fingerprint density at radius 3 is 2.85 bits per heavy atom. The van der Waals surface area contributed by atoms with Crippen molar-refractivity contribution in [1.82, 2.24) is 19.4 Å². The summed E-state index contributed by atoms with van der Waals surface area (Å²) in [5.41, 5.74) is 5.06. The van der Waals surface area contributed by atoms with Crippen LogP contribution < -0.4 is 20.3 Å². The Bertz CT molecular complexity index is 1330. The lowest BCUT2D eigenvalue weighted by Crippen LogP contribution is -2.36. The molecule has 4 aromatic rings. The van der Waals surface area contributed by atoms with Crippen LogP contribution in [0, 0.1) is 0 Å². The molecule has 2 aliphatic heterocycles. The minimum atomic E-state index is 0.470. The number of ether oxygens (including phenoxy) is 2. The lowest BCUT2D eigenvalue weighted by atomic mass is 10.1. The van der Waals surface area contributed by atoms with Crippen LogP contribution in [0.25, 0.3) is 16.9 Å². The van der Waals surface area contributed by atoms with Gasteiger partial charge in [-0.2, -0.15) is 0 Å². The topological polar surface area (TPSA) is 88.8 Å². The maximum absolute atomic E-state index is 5.71. The van der Waals surface area contributed by atoms with E-state index in [4.69, 9.17) is 14.5 Å². The van der Waals surface area contributed by atoms with Crippen molar-refractivity contribution in [3.63, 3.8) is 0 Å². The van der Waals surface area contributed by atoms with Gasteiger partial charge in [0.15, 0.2) is 11.5 Å². The maximum Gasteiger partial charge on any atom is 0.180 e. The van der Waals surface area contributed by atoms with Crippen molar-refractivity contribution < 1.29 is 9.47 Å². The highest BCUT2D eigenvalue weighted by Gasteiger charge is 2.16. The van der Waals surface area contributed by atoms with E-state index < -0.39 is 0 Å². The molecular weight excluding hydrogens is 418 g/mol. The molecule has 166 valence electrons. The van der Waals surface area contributed by atoms with Gasteiger partial charge in [0.1, 0.15) is 18.2 Å². The van der Waals surface area contributed by atoms with Gasteiger partial charge in [-0.25, -0.2) is 15.0 Å². The molecule has 9 heteroatoms. The Morgan fingerprint density at radius 2 is 2.00 bits per heavy atom. The minimum absolute atomic E-state index is 0.470. The van der Waals surface area contributed by atoms with Crippen molar-refractivity contribution >= 4 is 28.7 Å². The minimum Gasteiger partial charge on any atom is -0.485 e. The Balaban J connectivity index is 1.31. The fourth-order valence-corrected chi connectivity index (χ4v) is 4.04. The molecule has 3 aromatic heterocycles. The smallest absolute Gasteiger partial charge is 0.180 e. The molecule has 0 saturated carbocycles. The van der Waals surface area contributed by atoms with Gasteiger partial charge in [0.05, 0.1) is 36.5 Å². The van der Waals surface area contributed by atoms with E-state index in [1.807, 2.05) is 53.3 Å². The third-order valence-electron chi connectivity index (χ3n) is 5.71. The van der Waals surface area contributed by atoms with E-state index in [0.717, 1.165) is 71.8 Å². The van der Waals surface area contributed by atoms with Gasteiger partial charge in [-0.15, -0.1) is 0 Å². The summed E-state index contributed by atoms with van der Waals surface area (Å²) in [5.74, 6) is 2.41. The number of nitrogens with zero attached hydrogens (tertiary/aromatic N) is 5. The van der Waals surface area contributed by atoms with Gasteiger partial charge >= 0.3 is 0 Å². The first-order valence-electron chi connectivity index (χ1n) is 10.8. The molecule has 0 unspecified atom stereocenters. The van der Waals surface area contributed by atoms with Gasteiger partial charge in [0, 0.05) is 42.9 Å². The zero-order chi connectivity index (χ0) is 22.2. The summed E-state index contributed by atoms with van der Waals surface area (Å²) in [6, 6.07) is 10.0. The molecule has 0 radical (unpaired) electrons. The molecule has 1 fully saturated rings. The van der Waals surface area contributed by atoms with Crippen LogP contribution in [0.4, 0.5) is 23.0 Å². The Morgan fingerprint density at radius 1 is 1.09 bits per heavy atom. The molecule has 5 heterocycles. The van der Waals surface area contributed by atoms with Crippen LogP contribution in [0.1, 0.15) is 0 Å². The number of anilines is 4. The standard InChI is InChI=1S/C24H23N7O2/c1-16-15-33-21-4-2-17(12-19(21)27-16)20-14-31-7-6-25-24(31)23(29-20)28-18-3-5-22(26-13-18)30-8-10-32-11-9-30/h2-7,12-14,27H,1,8-11,15H2,(H,28,29). The van der Waals surface area contributed by atoms with Crippen LogP contribution in [0.3, 0.4) is 0 Å². The number of imidazole rings is 1. The van der Waals surface area contributed by atoms with Crippen molar-refractivity contribution in [2.75, 3.05) is 48.4 Å². The van der Waals surface area contributed by atoms with Gasteiger partial charge in [0.25, 0.3) is 0 Å². The SMILES string of the molecule is C=C1COc2ccc(-c3cn4ccnc4c(Nc4ccc(N5CCOCC5)nc4)n3)cc2N1. The number of pyridine rings is 1. The molecule has 1 aromatic carbocycles. The van der Waals surface area contributed by atoms with E-state index in [2.05, 4.69) is 32.1 Å². The van der Waals surface area contributed by atoms with Crippen molar-refractivity contribution in [2.24, 2.45) is 0 Å². The molecule has 0 atom stereocenters. The van der Waals surface area contributed by atoms with Gasteiger partial charge in [0.2, 0.25) is 0 Å². The summed E-state index contributed by atoms with van der Waals surface area (Å²) in [4.78, 5) is 16.2. The first kappa shape index (κ1) is 19.6. The molecule has 2 aliphatic rings. The van der Waals surface area contributed by atoms with Crippen molar-refractivity contribution in [3.8, 4) is 17.0 Å². The molecule has 6 rings (SSSR count). The number of morpholine rings is 1. The largest absolute Gasteiger partial charge is 0.485 e. The van der Waals surface area contributed by atoms with E-state index in [9.17, 15) is 0 Å². The highest BCUT2D eigenvalue weighted by molar-refractivity contribution is 5.76. The van der Waals surface area contributed by atoms with Crippen LogP contribution in [0.2, 0.25) is 0 Å². The first-order valence-corrected chi connectivity index (χ1v) is 10.8. The van der Waals surface area contributed by atoms with E-state index in [0.29, 0.717) is 12.4 Å². The average molecular weight is 441 g/mol. The second-order valence-electron chi connectivity index (χ2n) is 7.99. The third kappa shape index (κ3) is 3.83. The summed E-state index contributed by atoms with van der Waals surface area (Å²) in [6.45, 7) is 7.60. The zero-order valence-electron chi connectivity index (χ0n) is 18.0. The number of benzene rings is 1. The summed E-state index contributed by atoms with van der Waals surface area (Å²) in [5, 5.41) is 6.67. The monoisotopic (exact) mass is 441 g/mol. The lowest BCUT2D eigenvalue weighted by molar-refractivity contribution is 0.122. The first-order chi connectivity index (χ1) is 16.2. The van der Waals surface area contributed by atoms with Gasteiger partial charge in [-0.3, -0.25) is 0 Å². The molecule has 1 saturated heterocycles. The predicted molar refractivity (Wildman–Crippen MR) is 127 cm³/mol. The molecule has 0 aliphatic carbocycles. The van der Waals surface area contributed by atoms with Gasteiger partial charge in [-0.05, 0) is 30.3 Å². The molecule has 0 bridgehead atoms. The van der Waals surface area contributed by atoms with Gasteiger partial charge in [-0.1, -0.05) is 6.58 Å². The zero-order valence-corrected chi connectivity index (χ0v) is 18.0. The van der Waals surface area contributed by atoms with Crippen molar-refractivity contribution in [3.05, 3.63) is 67.4 Å². The van der Waals surface area contributed by atoms with E-state index in [1.54, 1.807) is 6.20 Å². The molecule has 0 spiro atoms.